The molecule has 176 valence electrons. The lowest BCUT2D eigenvalue weighted by molar-refractivity contribution is 0.578. The van der Waals surface area contributed by atoms with Crippen molar-refractivity contribution in [1.29, 1.82) is 0 Å². The topological polar surface area (TPSA) is 80.3 Å². The van der Waals surface area contributed by atoms with Gasteiger partial charge in [0.2, 0.25) is 0 Å². The molecule has 1 saturated heterocycles. The number of imidazole rings is 1. The van der Waals surface area contributed by atoms with Gasteiger partial charge in [0.25, 0.3) is 5.56 Å². The Bertz CT molecular complexity index is 1510. The van der Waals surface area contributed by atoms with Crippen molar-refractivity contribution >= 4 is 28.6 Å². The Kier molecular flexibility index (Phi) is 5.47. The number of aryl methyl sites for hydroxylation is 3. The molecule has 0 aliphatic carbocycles. The Labute approximate surface area is 195 Å². The van der Waals surface area contributed by atoms with E-state index in [2.05, 4.69) is 10.00 Å². The maximum Gasteiger partial charge on any atom is 0.328 e. The molecule has 0 spiro atoms. The molecule has 2 aromatic carbocycles. The molecule has 1 N–H and O–H groups in total. The van der Waals surface area contributed by atoms with E-state index in [0.29, 0.717) is 22.6 Å². The fourth-order valence-corrected chi connectivity index (χ4v) is 4.63. The van der Waals surface area contributed by atoms with Gasteiger partial charge in [-0.15, -0.1) is 0 Å². The number of halogens is 1. The Morgan fingerprint density at radius 2 is 1.62 bits per heavy atom. The highest BCUT2D eigenvalue weighted by Gasteiger charge is 2.19. The number of benzene rings is 2. The first-order chi connectivity index (χ1) is 16.3. The van der Waals surface area contributed by atoms with Crippen molar-refractivity contribution in [3.05, 3.63) is 74.3 Å². The van der Waals surface area contributed by atoms with Gasteiger partial charge in [0.05, 0.1) is 33.7 Å². The van der Waals surface area contributed by atoms with Crippen molar-refractivity contribution in [3.63, 3.8) is 0 Å². The number of nitrogens with zero attached hydrogens (tertiary/aromatic N) is 5. The number of piperidine rings is 1. The van der Waals surface area contributed by atoms with Gasteiger partial charge in [0, 0.05) is 39.1 Å². The van der Waals surface area contributed by atoms with Crippen molar-refractivity contribution in [2.75, 3.05) is 18.0 Å². The fourth-order valence-electron chi connectivity index (χ4n) is 4.63. The monoisotopic (exact) mass is 462 g/mol. The number of anilines is 1. The van der Waals surface area contributed by atoms with Crippen molar-refractivity contribution in [2.45, 2.75) is 26.2 Å². The predicted octanol–water partition coefficient (Wildman–Crippen LogP) is 3.54. The minimum atomic E-state index is -0.363. The maximum absolute atomic E-state index is 13.3. The molecule has 0 atom stereocenters. The molecular weight excluding hydrogens is 435 g/mol. The molecule has 4 aromatic rings. The van der Waals surface area contributed by atoms with Crippen molar-refractivity contribution in [1.82, 2.24) is 18.9 Å². The third-order valence-electron chi connectivity index (χ3n) is 6.60. The Hall–Kier alpha value is -3.88. The predicted molar refractivity (Wildman–Crippen MR) is 133 cm³/mol. The number of nitrogens with one attached hydrogen (secondary N) is 1. The molecule has 0 amide bonds. The summed E-state index contributed by atoms with van der Waals surface area (Å²) >= 11 is 0. The van der Waals surface area contributed by atoms with Crippen LogP contribution in [0.4, 0.5) is 15.8 Å². The lowest BCUT2D eigenvalue weighted by Gasteiger charge is -2.30. The van der Waals surface area contributed by atoms with E-state index in [9.17, 15) is 14.0 Å². The smallest absolute Gasteiger partial charge is 0.328 e. The van der Waals surface area contributed by atoms with Gasteiger partial charge in [-0.05, 0) is 62.6 Å². The fraction of sp³-hybridized carbons (Fsp3) is 0.320. The Morgan fingerprint density at radius 3 is 2.29 bits per heavy atom. The molecule has 0 saturated carbocycles. The summed E-state index contributed by atoms with van der Waals surface area (Å²) in [5.74, 6) is -0.363. The van der Waals surface area contributed by atoms with Gasteiger partial charge in [-0.3, -0.25) is 24.0 Å². The number of fused-ring (bicyclic) bond motifs is 1. The minimum absolute atomic E-state index is 0.0932. The Morgan fingerprint density at radius 1 is 0.971 bits per heavy atom. The molecule has 0 unspecified atom stereocenters. The second-order valence-corrected chi connectivity index (χ2v) is 8.80. The summed E-state index contributed by atoms with van der Waals surface area (Å²) in [6.45, 7) is 3.66. The third-order valence-corrected chi connectivity index (χ3v) is 6.60. The summed E-state index contributed by atoms with van der Waals surface area (Å²) in [5, 5.41) is 3.04. The zero-order valence-corrected chi connectivity index (χ0v) is 19.5. The SMILES string of the molecule is Cc1[nH]n(-c2ccc(F)cc2)c(=O)c1C=Nc1cc2c(cc1N1CCCCC1)n(C)c(=O)n2C. The van der Waals surface area contributed by atoms with Crippen LogP contribution in [0.3, 0.4) is 0 Å². The molecular formula is C25H27FN6O2. The van der Waals surface area contributed by atoms with Crippen LogP contribution in [0.1, 0.15) is 30.5 Å². The molecule has 3 heterocycles. The number of rotatable bonds is 4. The summed E-state index contributed by atoms with van der Waals surface area (Å²) in [7, 11) is 3.52. The molecule has 8 nitrogen and oxygen atoms in total. The Balaban J connectivity index is 1.61. The molecule has 1 aliphatic rings. The molecule has 0 bridgehead atoms. The second kappa shape index (κ2) is 8.48. The van der Waals surface area contributed by atoms with Crippen molar-refractivity contribution in [2.24, 2.45) is 19.1 Å². The normalized spacial score (nSPS) is 14.5. The van der Waals surface area contributed by atoms with Crippen LogP contribution in [0.25, 0.3) is 16.7 Å². The van der Waals surface area contributed by atoms with E-state index in [4.69, 9.17) is 4.99 Å². The summed E-state index contributed by atoms with van der Waals surface area (Å²) in [6.07, 6.45) is 4.99. The average molecular weight is 463 g/mol. The highest BCUT2D eigenvalue weighted by molar-refractivity contribution is 5.91. The molecule has 9 heteroatoms. The van der Waals surface area contributed by atoms with E-state index in [1.54, 1.807) is 48.5 Å². The summed E-state index contributed by atoms with van der Waals surface area (Å²) in [4.78, 5) is 32.6. The number of aromatic nitrogens is 4. The molecule has 5 rings (SSSR count). The molecule has 1 aliphatic heterocycles. The van der Waals surface area contributed by atoms with Crippen LogP contribution in [0, 0.1) is 12.7 Å². The first kappa shape index (κ1) is 21.9. The number of hydrogen-bond donors (Lipinski definition) is 1. The lowest BCUT2D eigenvalue weighted by atomic mass is 10.1. The highest BCUT2D eigenvalue weighted by atomic mass is 19.1. The van der Waals surface area contributed by atoms with E-state index >= 15 is 0 Å². The quantitative estimate of drug-likeness (QED) is 0.471. The lowest BCUT2D eigenvalue weighted by Crippen LogP contribution is -2.29. The third kappa shape index (κ3) is 3.67. The minimum Gasteiger partial charge on any atom is -0.370 e. The molecule has 0 radical (unpaired) electrons. The average Bonchev–Trinajstić information content (AvgIpc) is 3.25. The largest absolute Gasteiger partial charge is 0.370 e. The van der Waals surface area contributed by atoms with Crippen LogP contribution in [-0.4, -0.2) is 38.2 Å². The zero-order chi connectivity index (χ0) is 24.0. The van der Waals surface area contributed by atoms with Gasteiger partial charge in [0.15, 0.2) is 0 Å². The van der Waals surface area contributed by atoms with Gasteiger partial charge in [-0.2, -0.15) is 0 Å². The van der Waals surface area contributed by atoms with Crippen molar-refractivity contribution < 1.29 is 4.39 Å². The van der Waals surface area contributed by atoms with E-state index in [1.807, 2.05) is 12.1 Å². The number of hydrogen-bond acceptors (Lipinski definition) is 4. The van der Waals surface area contributed by atoms with Gasteiger partial charge >= 0.3 is 5.69 Å². The van der Waals surface area contributed by atoms with E-state index in [1.165, 1.54) is 23.2 Å². The first-order valence-corrected chi connectivity index (χ1v) is 11.4. The molecule has 1 fully saturated rings. The van der Waals surface area contributed by atoms with E-state index in [0.717, 1.165) is 42.7 Å². The molecule has 34 heavy (non-hydrogen) atoms. The molecule has 2 aromatic heterocycles. The van der Waals surface area contributed by atoms with Crippen LogP contribution in [-0.2, 0) is 14.1 Å². The van der Waals surface area contributed by atoms with Crippen LogP contribution >= 0.6 is 0 Å². The number of aliphatic imine (C=N–C) groups is 1. The van der Waals surface area contributed by atoms with Gasteiger partial charge in [0.1, 0.15) is 5.82 Å². The van der Waals surface area contributed by atoms with Crippen LogP contribution in [0.2, 0.25) is 0 Å². The number of H-pyrrole nitrogens is 1. The first-order valence-electron chi connectivity index (χ1n) is 11.4. The summed E-state index contributed by atoms with van der Waals surface area (Å²) in [6, 6.07) is 9.66. The van der Waals surface area contributed by atoms with Gasteiger partial charge in [-0.1, -0.05) is 0 Å². The van der Waals surface area contributed by atoms with Crippen LogP contribution in [0.15, 0.2) is 51.0 Å². The summed E-state index contributed by atoms with van der Waals surface area (Å²) < 4.78 is 17.9. The van der Waals surface area contributed by atoms with Gasteiger partial charge < -0.3 is 4.90 Å². The number of aromatic amines is 1. The zero-order valence-electron chi connectivity index (χ0n) is 19.5. The van der Waals surface area contributed by atoms with Crippen LogP contribution in [0.5, 0.6) is 0 Å². The van der Waals surface area contributed by atoms with Crippen LogP contribution < -0.4 is 16.1 Å². The maximum atomic E-state index is 13.3. The second-order valence-electron chi connectivity index (χ2n) is 8.80. The van der Waals surface area contributed by atoms with Crippen molar-refractivity contribution in [3.8, 4) is 5.69 Å². The van der Waals surface area contributed by atoms with Gasteiger partial charge in [-0.25, -0.2) is 13.9 Å². The highest BCUT2D eigenvalue weighted by Crippen LogP contribution is 2.34. The van der Waals surface area contributed by atoms with E-state index in [-0.39, 0.29) is 17.1 Å². The summed E-state index contributed by atoms with van der Waals surface area (Å²) in [5.41, 5.74) is 4.58. The standard InChI is InChI=1S/C25H27FN6O2/c1-16-19(24(33)32(28-16)18-9-7-17(26)8-10-18)15-27-20-13-22-23(30(3)25(34)29(22)2)14-21(20)31-11-5-4-6-12-31/h7-10,13-15,28H,4-6,11-12H2,1-3H3. The van der Waals surface area contributed by atoms with E-state index < -0.39 is 0 Å².